The van der Waals surface area contributed by atoms with Crippen molar-refractivity contribution in [2.75, 3.05) is 19.8 Å². The molecule has 0 saturated heterocycles. The summed E-state index contributed by atoms with van der Waals surface area (Å²) < 4.78 is 13.7. The second kappa shape index (κ2) is 8.35. The number of carbonyl (C=O) groups is 1. The van der Waals surface area contributed by atoms with Crippen molar-refractivity contribution >= 4 is 16.9 Å². The third-order valence-corrected chi connectivity index (χ3v) is 3.86. The Morgan fingerprint density at radius 2 is 1.89 bits per heavy atom. The number of aryl methyl sites for hydroxylation is 1. The maximum atomic E-state index is 12.3. The van der Waals surface area contributed by atoms with Crippen molar-refractivity contribution in [1.82, 2.24) is 24.6 Å². The van der Waals surface area contributed by atoms with E-state index in [0.717, 1.165) is 5.75 Å². The molecule has 3 aromatic rings. The molecule has 0 aliphatic rings. The molecule has 9 heteroatoms. The van der Waals surface area contributed by atoms with E-state index in [1.165, 1.54) is 21.8 Å². The van der Waals surface area contributed by atoms with Crippen molar-refractivity contribution < 1.29 is 14.3 Å². The number of aromatic nitrogens is 4. The van der Waals surface area contributed by atoms with Crippen LogP contribution in [0, 0.1) is 0 Å². The van der Waals surface area contributed by atoms with Gasteiger partial charge in [0, 0.05) is 7.05 Å². The van der Waals surface area contributed by atoms with Crippen LogP contribution in [-0.4, -0.2) is 45.0 Å². The predicted molar refractivity (Wildman–Crippen MR) is 98.9 cm³/mol. The highest BCUT2D eigenvalue weighted by atomic mass is 16.5. The van der Waals surface area contributed by atoms with Crippen molar-refractivity contribution in [2.24, 2.45) is 7.05 Å². The zero-order valence-corrected chi connectivity index (χ0v) is 15.2. The first-order valence-electron chi connectivity index (χ1n) is 8.58. The Bertz CT molecular complexity index is 978. The first-order chi connectivity index (χ1) is 13.1. The van der Waals surface area contributed by atoms with Crippen LogP contribution in [0.1, 0.15) is 6.92 Å². The van der Waals surface area contributed by atoms with Gasteiger partial charge in [-0.3, -0.25) is 18.8 Å². The Kier molecular flexibility index (Phi) is 5.70. The van der Waals surface area contributed by atoms with Gasteiger partial charge >= 0.3 is 0 Å². The van der Waals surface area contributed by atoms with Crippen molar-refractivity contribution in [2.45, 2.75) is 13.5 Å². The van der Waals surface area contributed by atoms with Crippen LogP contribution in [0.3, 0.4) is 0 Å². The lowest BCUT2D eigenvalue weighted by Gasteiger charge is -2.09. The molecule has 0 spiro atoms. The second-order valence-corrected chi connectivity index (χ2v) is 5.79. The molecule has 1 N–H and O–H groups in total. The molecular weight excluding hydrogens is 350 g/mol. The predicted octanol–water partition coefficient (Wildman–Crippen LogP) is 0.724. The zero-order valence-electron chi connectivity index (χ0n) is 15.2. The second-order valence-electron chi connectivity index (χ2n) is 5.79. The van der Waals surface area contributed by atoms with Crippen molar-refractivity contribution in [3.8, 4) is 11.5 Å². The number of fused-ring (bicyclic) bond motifs is 1. The molecule has 2 heterocycles. The fourth-order valence-electron chi connectivity index (χ4n) is 2.55. The van der Waals surface area contributed by atoms with Gasteiger partial charge in [0.15, 0.2) is 5.65 Å². The van der Waals surface area contributed by atoms with E-state index in [2.05, 4.69) is 15.4 Å². The number of hydrogen-bond acceptors (Lipinski definition) is 6. The van der Waals surface area contributed by atoms with Gasteiger partial charge in [0.25, 0.3) is 5.56 Å². The molecule has 0 saturated carbocycles. The quantitative estimate of drug-likeness (QED) is 0.586. The zero-order chi connectivity index (χ0) is 19.2. The smallest absolute Gasteiger partial charge is 0.264 e. The van der Waals surface area contributed by atoms with E-state index in [1.54, 1.807) is 19.2 Å². The Hall–Kier alpha value is -3.36. The summed E-state index contributed by atoms with van der Waals surface area (Å²) in [7, 11) is 1.70. The average molecular weight is 371 g/mol. The molecule has 0 fully saturated rings. The number of amides is 1. The van der Waals surface area contributed by atoms with Crippen LogP contribution < -0.4 is 20.3 Å². The van der Waals surface area contributed by atoms with Crippen LogP contribution in [0.25, 0.3) is 11.0 Å². The van der Waals surface area contributed by atoms with Gasteiger partial charge in [0.1, 0.15) is 36.4 Å². The van der Waals surface area contributed by atoms with Gasteiger partial charge < -0.3 is 14.8 Å². The van der Waals surface area contributed by atoms with Crippen LogP contribution >= 0.6 is 0 Å². The Labute approximate surface area is 155 Å². The fraction of sp³-hybridized carbons (Fsp3) is 0.333. The van der Waals surface area contributed by atoms with Gasteiger partial charge in [0.2, 0.25) is 5.91 Å². The van der Waals surface area contributed by atoms with Gasteiger partial charge in [-0.25, -0.2) is 4.98 Å². The van der Waals surface area contributed by atoms with E-state index < -0.39 is 0 Å². The molecule has 0 unspecified atom stereocenters. The van der Waals surface area contributed by atoms with Gasteiger partial charge in [-0.1, -0.05) is 0 Å². The SMILES string of the molecule is CCOc1ccc(OCCNC(=O)Cn2cnc3c(cnn3C)c2=O)cc1. The van der Waals surface area contributed by atoms with E-state index in [4.69, 9.17) is 9.47 Å². The van der Waals surface area contributed by atoms with Crippen molar-refractivity contribution in [3.63, 3.8) is 0 Å². The molecular formula is C18H21N5O4. The topological polar surface area (TPSA) is 100 Å². The average Bonchev–Trinajstić information content (AvgIpc) is 3.04. The number of nitrogens with zero attached hydrogens (tertiary/aromatic N) is 4. The van der Waals surface area contributed by atoms with E-state index in [9.17, 15) is 9.59 Å². The molecule has 0 bridgehead atoms. The highest BCUT2D eigenvalue weighted by Gasteiger charge is 2.10. The summed E-state index contributed by atoms with van der Waals surface area (Å²) in [6.07, 6.45) is 2.80. The highest BCUT2D eigenvalue weighted by Crippen LogP contribution is 2.17. The molecule has 1 aromatic carbocycles. The molecule has 0 radical (unpaired) electrons. The lowest BCUT2D eigenvalue weighted by Crippen LogP contribution is -2.34. The summed E-state index contributed by atoms with van der Waals surface area (Å²) in [5.41, 5.74) is 0.189. The molecule has 2 aromatic heterocycles. The fourth-order valence-corrected chi connectivity index (χ4v) is 2.55. The van der Waals surface area contributed by atoms with E-state index in [-0.39, 0.29) is 18.0 Å². The van der Waals surface area contributed by atoms with Gasteiger partial charge in [0.05, 0.1) is 19.3 Å². The Balaban J connectivity index is 1.47. The lowest BCUT2D eigenvalue weighted by atomic mass is 10.3. The summed E-state index contributed by atoms with van der Waals surface area (Å²) in [4.78, 5) is 28.5. The number of benzene rings is 1. The summed E-state index contributed by atoms with van der Waals surface area (Å²) >= 11 is 0. The van der Waals surface area contributed by atoms with Gasteiger partial charge in [-0.2, -0.15) is 5.10 Å². The lowest BCUT2D eigenvalue weighted by molar-refractivity contribution is -0.121. The molecule has 0 aliphatic carbocycles. The first-order valence-corrected chi connectivity index (χ1v) is 8.58. The van der Waals surface area contributed by atoms with Crippen LogP contribution in [0.15, 0.2) is 41.6 Å². The molecule has 9 nitrogen and oxygen atoms in total. The van der Waals surface area contributed by atoms with Gasteiger partial charge in [-0.15, -0.1) is 0 Å². The van der Waals surface area contributed by atoms with E-state index >= 15 is 0 Å². The third-order valence-electron chi connectivity index (χ3n) is 3.86. The Morgan fingerprint density at radius 1 is 1.19 bits per heavy atom. The van der Waals surface area contributed by atoms with Crippen LogP contribution in [-0.2, 0) is 18.4 Å². The molecule has 142 valence electrons. The third kappa shape index (κ3) is 4.43. The minimum absolute atomic E-state index is 0.111. The molecule has 27 heavy (non-hydrogen) atoms. The molecule has 3 rings (SSSR count). The number of ether oxygens (including phenoxy) is 2. The normalized spacial score (nSPS) is 10.7. The standard InChI is InChI=1S/C18H21N5O4/c1-3-26-13-4-6-14(7-5-13)27-9-8-19-16(24)11-23-12-20-17-15(18(23)25)10-21-22(17)2/h4-7,10,12H,3,8-9,11H2,1-2H3,(H,19,24). The Morgan fingerprint density at radius 3 is 2.59 bits per heavy atom. The van der Waals surface area contributed by atoms with Crippen molar-refractivity contribution in [1.29, 1.82) is 0 Å². The monoisotopic (exact) mass is 371 g/mol. The summed E-state index contributed by atoms with van der Waals surface area (Å²) in [6.45, 7) is 3.06. The van der Waals surface area contributed by atoms with Crippen LogP contribution in [0.2, 0.25) is 0 Å². The van der Waals surface area contributed by atoms with Crippen LogP contribution in [0.4, 0.5) is 0 Å². The number of carbonyl (C=O) groups excluding carboxylic acids is 1. The minimum Gasteiger partial charge on any atom is -0.494 e. The number of hydrogen-bond donors (Lipinski definition) is 1. The molecule has 0 atom stereocenters. The van der Waals surface area contributed by atoms with E-state index in [0.29, 0.717) is 36.5 Å². The molecule has 1 amide bonds. The summed E-state index contributed by atoms with van der Waals surface area (Å²) in [5.74, 6) is 1.18. The largest absolute Gasteiger partial charge is 0.494 e. The maximum Gasteiger partial charge on any atom is 0.264 e. The van der Waals surface area contributed by atoms with Crippen LogP contribution in [0.5, 0.6) is 11.5 Å². The summed E-state index contributed by atoms with van der Waals surface area (Å²) in [6, 6.07) is 7.26. The maximum absolute atomic E-state index is 12.3. The summed E-state index contributed by atoms with van der Waals surface area (Å²) in [5, 5.41) is 7.10. The number of nitrogens with one attached hydrogen (secondary N) is 1. The van der Waals surface area contributed by atoms with E-state index in [1.807, 2.05) is 19.1 Å². The number of rotatable bonds is 8. The highest BCUT2D eigenvalue weighted by molar-refractivity contribution is 5.77. The molecule has 0 aliphatic heterocycles. The minimum atomic E-state index is -0.297. The van der Waals surface area contributed by atoms with Crippen molar-refractivity contribution in [3.05, 3.63) is 47.1 Å². The first kappa shape index (κ1) is 18.4. The van der Waals surface area contributed by atoms with Gasteiger partial charge in [-0.05, 0) is 31.2 Å².